The number of aliphatic hydroxyl groups excluding tert-OH is 1. The largest absolute Gasteiger partial charge is 0.389 e. The quantitative estimate of drug-likeness (QED) is 0.845. The zero-order chi connectivity index (χ0) is 12.3. The summed E-state index contributed by atoms with van der Waals surface area (Å²) in [7, 11) is 0. The molecule has 1 saturated heterocycles. The van der Waals surface area contributed by atoms with Crippen molar-refractivity contribution in [2.24, 2.45) is 5.92 Å². The predicted octanol–water partition coefficient (Wildman–Crippen LogP) is 2.38. The Balaban J connectivity index is 2.05. The minimum absolute atomic E-state index is 0.385. The van der Waals surface area contributed by atoms with E-state index in [0.29, 0.717) is 11.8 Å². The molecule has 0 spiro atoms. The first-order valence-corrected chi connectivity index (χ1v) is 6.31. The lowest BCUT2D eigenvalue weighted by atomic mass is 9.85. The van der Waals surface area contributed by atoms with E-state index in [9.17, 15) is 5.11 Å². The maximum atomic E-state index is 9.48. The third kappa shape index (κ3) is 3.06. The fraction of sp³-hybridized carbons (Fsp3) is 0.571. The maximum absolute atomic E-state index is 9.48. The van der Waals surface area contributed by atoms with Gasteiger partial charge in [0.05, 0.1) is 12.7 Å². The van der Waals surface area contributed by atoms with Gasteiger partial charge in [0.25, 0.3) is 0 Å². The van der Waals surface area contributed by atoms with Crippen molar-refractivity contribution >= 4 is 0 Å². The van der Waals surface area contributed by atoms with Gasteiger partial charge in [-0.1, -0.05) is 31.2 Å². The summed E-state index contributed by atoms with van der Waals surface area (Å²) in [5.74, 6) is 1.15. The lowest BCUT2D eigenvalue weighted by molar-refractivity contribution is -0.0142. The smallest absolute Gasteiger partial charge is 0.0761 e. The average Bonchev–Trinajstić information content (AvgIpc) is 2.39. The van der Waals surface area contributed by atoms with Crippen molar-refractivity contribution in [1.29, 1.82) is 0 Å². The van der Waals surface area contributed by atoms with Crippen LogP contribution in [0.4, 0.5) is 0 Å². The molecule has 1 aromatic carbocycles. The van der Waals surface area contributed by atoms with E-state index in [1.54, 1.807) is 6.92 Å². The Morgan fingerprint density at radius 1 is 1.24 bits per heavy atom. The summed E-state index contributed by atoms with van der Waals surface area (Å²) in [5.41, 5.74) is 5.29. The van der Waals surface area contributed by atoms with E-state index in [1.165, 1.54) is 5.56 Å². The van der Waals surface area contributed by atoms with Gasteiger partial charge in [-0.3, -0.25) is 0 Å². The Morgan fingerprint density at radius 3 is 2.41 bits per heavy atom. The molecule has 94 valence electrons. The van der Waals surface area contributed by atoms with Gasteiger partial charge in [-0.25, -0.2) is 5.48 Å². The first-order chi connectivity index (χ1) is 8.18. The Kier molecular flexibility index (Phi) is 4.15. The molecule has 1 aliphatic rings. The van der Waals surface area contributed by atoms with Crippen LogP contribution >= 0.6 is 0 Å². The van der Waals surface area contributed by atoms with Crippen LogP contribution in [0.5, 0.6) is 0 Å². The van der Waals surface area contributed by atoms with Gasteiger partial charge in [-0.2, -0.15) is 0 Å². The predicted molar refractivity (Wildman–Crippen MR) is 67.6 cm³/mol. The van der Waals surface area contributed by atoms with E-state index in [2.05, 4.69) is 24.5 Å². The molecule has 0 aromatic heterocycles. The van der Waals surface area contributed by atoms with Crippen LogP contribution in [0.3, 0.4) is 0 Å². The molecule has 2 rings (SSSR count). The van der Waals surface area contributed by atoms with Gasteiger partial charge in [-0.05, 0) is 36.3 Å². The van der Waals surface area contributed by atoms with E-state index in [1.807, 2.05) is 12.1 Å². The third-order valence-corrected chi connectivity index (χ3v) is 3.69. The molecular formula is C14H21NO2. The zero-order valence-electron chi connectivity index (χ0n) is 10.5. The molecular weight excluding hydrogens is 214 g/mol. The van der Waals surface area contributed by atoms with E-state index in [4.69, 9.17) is 4.84 Å². The van der Waals surface area contributed by atoms with E-state index in [0.717, 1.165) is 25.1 Å². The number of rotatable bonds is 3. The van der Waals surface area contributed by atoms with Crippen LogP contribution in [0, 0.1) is 5.92 Å². The molecule has 3 nitrogen and oxygen atoms in total. The van der Waals surface area contributed by atoms with Crippen molar-refractivity contribution in [3.05, 3.63) is 35.4 Å². The molecule has 0 bridgehead atoms. The Bertz CT molecular complexity index is 342. The molecule has 17 heavy (non-hydrogen) atoms. The van der Waals surface area contributed by atoms with Gasteiger partial charge in [-0.15, -0.1) is 0 Å². The number of hydrogen-bond acceptors (Lipinski definition) is 3. The van der Waals surface area contributed by atoms with Gasteiger partial charge in [0.15, 0.2) is 0 Å². The van der Waals surface area contributed by atoms with Crippen molar-refractivity contribution in [3.63, 3.8) is 0 Å². The van der Waals surface area contributed by atoms with E-state index < -0.39 is 0 Å². The number of aliphatic hydroxyl groups is 1. The Hall–Kier alpha value is -0.900. The molecule has 0 amide bonds. The van der Waals surface area contributed by atoms with E-state index in [-0.39, 0.29) is 6.10 Å². The monoisotopic (exact) mass is 235 g/mol. The van der Waals surface area contributed by atoms with Crippen molar-refractivity contribution in [2.75, 3.05) is 13.2 Å². The number of nitrogens with one attached hydrogen (secondary N) is 1. The lowest BCUT2D eigenvalue weighted by Gasteiger charge is -2.28. The number of hydroxylamine groups is 1. The summed E-state index contributed by atoms with van der Waals surface area (Å²) in [5, 5.41) is 9.48. The van der Waals surface area contributed by atoms with Crippen LogP contribution in [-0.2, 0) is 4.84 Å². The highest BCUT2D eigenvalue weighted by molar-refractivity contribution is 5.26. The summed E-state index contributed by atoms with van der Waals surface area (Å²) in [4.78, 5) is 5.15. The second-order valence-corrected chi connectivity index (χ2v) is 4.88. The van der Waals surface area contributed by atoms with Crippen molar-refractivity contribution in [3.8, 4) is 0 Å². The molecule has 0 radical (unpaired) electrons. The van der Waals surface area contributed by atoms with Crippen LogP contribution in [0.1, 0.15) is 43.4 Å². The maximum Gasteiger partial charge on any atom is 0.0761 e. The summed E-state index contributed by atoms with van der Waals surface area (Å²) >= 11 is 0. The molecule has 0 saturated carbocycles. The fourth-order valence-corrected chi connectivity index (χ4v) is 2.33. The van der Waals surface area contributed by atoms with Crippen molar-refractivity contribution in [1.82, 2.24) is 5.48 Å². The number of benzene rings is 1. The van der Waals surface area contributed by atoms with E-state index >= 15 is 0 Å². The van der Waals surface area contributed by atoms with Crippen LogP contribution < -0.4 is 5.48 Å². The molecule has 1 aliphatic heterocycles. The summed E-state index contributed by atoms with van der Waals surface area (Å²) in [6.07, 6.45) is 0.718. The van der Waals surface area contributed by atoms with Crippen LogP contribution in [-0.4, -0.2) is 18.3 Å². The minimum atomic E-state index is -0.385. The Labute approximate surface area is 103 Å². The topological polar surface area (TPSA) is 41.5 Å². The first-order valence-electron chi connectivity index (χ1n) is 6.31. The van der Waals surface area contributed by atoms with Gasteiger partial charge in [0.2, 0.25) is 0 Å². The third-order valence-electron chi connectivity index (χ3n) is 3.69. The molecule has 1 aromatic rings. The second-order valence-electron chi connectivity index (χ2n) is 4.88. The van der Waals surface area contributed by atoms with Gasteiger partial charge in [0.1, 0.15) is 0 Å². The van der Waals surface area contributed by atoms with Gasteiger partial charge in [0, 0.05) is 6.54 Å². The standard InChI is InChI=1S/C14H21NO2/c1-10(14-7-8-17-15-9-14)12-3-5-13(6-4-12)11(2)16/h3-6,10-11,14-16H,7-9H2,1-2H3. The van der Waals surface area contributed by atoms with Crippen molar-refractivity contribution in [2.45, 2.75) is 32.3 Å². The molecule has 1 heterocycles. The van der Waals surface area contributed by atoms with Crippen LogP contribution in [0.25, 0.3) is 0 Å². The first kappa shape index (κ1) is 12.6. The summed E-state index contributed by atoms with van der Waals surface area (Å²) in [6, 6.07) is 8.29. The van der Waals surface area contributed by atoms with Gasteiger partial charge >= 0.3 is 0 Å². The highest BCUT2D eigenvalue weighted by atomic mass is 16.6. The van der Waals surface area contributed by atoms with Crippen LogP contribution in [0.15, 0.2) is 24.3 Å². The lowest BCUT2D eigenvalue weighted by Crippen LogP contribution is -2.33. The fourth-order valence-electron chi connectivity index (χ4n) is 2.33. The second kappa shape index (κ2) is 5.63. The number of hydrogen-bond donors (Lipinski definition) is 2. The molecule has 3 atom stereocenters. The summed E-state index contributed by atoms with van der Waals surface area (Å²) in [6.45, 7) is 5.76. The minimum Gasteiger partial charge on any atom is -0.389 e. The van der Waals surface area contributed by atoms with Gasteiger partial charge < -0.3 is 9.94 Å². The molecule has 3 heteroatoms. The Morgan fingerprint density at radius 2 is 1.88 bits per heavy atom. The zero-order valence-corrected chi connectivity index (χ0v) is 10.5. The van der Waals surface area contributed by atoms with Crippen LogP contribution in [0.2, 0.25) is 0 Å². The molecule has 2 N–H and O–H groups in total. The average molecular weight is 235 g/mol. The molecule has 0 aliphatic carbocycles. The highest BCUT2D eigenvalue weighted by Gasteiger charge is 2.21. The van der Waals surface area contributed by atoms with Crippen molar-refractivity contribution < 1.29 is 9.94 Å². The summed E-state index contributed by atoms with van der Waals surface area (Å²) < 4.78 is 0. The normalized spacial score (nSPS) is 24.3. The molecule has 3 unspecified atom stereocenters. The highest BCUT2D eigenvalue weighted by Crippen LogP contribution is 2.28. The SMILES string of the molecule is CC(O)c1ccc(C(C)C2CCONC2)cc1. The molecule has 1 fully saturated rings.